The van der Waals surface area contributed by atoms with Gasteiger partial charge in [0.15, 0.2) is 5.82 Å². The molecular weight excluding hydrogens is 318 g/mol. The Bertz CT molecular complexity index is 772. The van der Waals surface area contributed by atoms with Gasteiger partial charge in [0, 0.05) is 12.1 Å². The van der Waals surface area contributed by atoms with Gasteiger partial charge >= 0.3 is 0 Å². The third kappa shape index (κ3) is 4.81. The number of para-hydroxylation sites is 1. The van der Waals surface area contributed by atoms with E-state index in [-0.39, 0.29) is 0 Å². The number of aromatic nitrogens is 2. The third-order valence-corrected chi connectivity index (χ3v) is 3.70. The highest BCUT2D eigenvalue weighted by atomic mass is 16.5. The number of ether oxygens (including phenoxy) is 2. The molecule has 0 unspecified atom stereocenters. The van der Waals surface area contributed by atoms with Crippen molar-refractivity contribution in [3.8, 4) is 23.0 Å². The normalized spacial score (nSPS) is 10.8. The van der Waals surface area contributed by atoms with Gasteiger partial charge in [0.25, 0.3) is 5.89 Å². The van der Waals surface area contributed by atoms with Gasteiger partial charge in [-0.15, -0.1) is 0 Å². The van der Waals surface area contributed by atoms with Gasteiger partial charge in [-0.05, 0) is 43.4 Å². The highest BCUT2D eigenvalue weighted by Crippen LogP contribution is 2.20. The molecule has 0 saturated heterocycles. The van der Waals surface area contributed by atoms with Gasteiger partial charge in [0.1, 0.15) is 18.1 Å². The van der Waals surface area contributed by atoms with E-state index in [0.717, 1.165) is 23.6 Å². The Kier molecular flexibility index (Phi) is 5.64. The minimum absolute atomic E-state index is 0.506. The smallest absolute Gasteiger partial charge is 0.257 e. The predicted octanol–water partition coefficient (Wildman–Crippen LogP) is 3.26. The molecule has 3 aromatic rings. The number of likely N-dealkylation sites (N-methyl/N-ethyl adjacent to an activating group) is 1. The molecule has 0 N–H and O–H groups in total. The van der Waals surface area contributed by atoms with E-state index in [4.69, 9.17) is 14.0 Å². The summed E-state index contributed by atoms with van der Waals surface area (Å²) >= 11 is 0. The summed E-state index contributed by atoms with van der Waals surface area (Å²) in [5.41, 5.74) is 0.870. The largest absolute Gasteiger partial charge is 0.497 e. The van der Waals surface area contributed by atoms with Gasteiger partial charge in [-0.3, -0.25) is 4.90 Å². The first-order chi connectivity index (χ1) is 12.2. The minimum atomic E-state index is 0.506. The molecule has 0 bridgehead atoms. The predicted molar refractivity (Wildman–Crippen MR) is 94.6 cm³/mol. The van der Waals surface area contributed by atoms with Crippen LogP contribution in [0.4, 0.5) is 0 Å². The summed E-state index contributed by atoms with van der Waals surface area (Å²) in [5.74, 6) is 2.82. The van der Waals surface area contributed by atoms with E-state index in [0.29, 0.717) is 24.9 Å². The van der Waals surface area contributed by atoms with Crippen LogP contribution >= 0.6 is 0 Å². The zero-order valence-electron chi connectivity index (χ0n) is 14.4. The molecule has 2 aromatic carbocycles. The van der Waals surface area contributed by atoms with Crippen molar-refractivity contribution in [2.45, 2.75) is 6.54 Å². The molecule has 0 fully saturated rings. The van der Waals surface area contributed by atoms with Crippen LogP contribution in [-0.4, -0.2) is 42.3 Å². The Hall–Kier alpha value is -2.86. The van der Waals surface area contributed by atoms with E-state index in [1.165, 1.54) is 0 Å². The van der Waals surface area contributed by atoms with Crippen molar-refractivity contribution in [3.05, 3.63) is 60.4 Å². The summed E-state index contributed by atoms with van der Waals surface area (Å²) in [6.45, 7) is 1.96. The Morgan fingerprint density at radius 2 is 1.76 bits per heavy atom. The van der Waals surface area contributed by atoms with Gasteiger partial charge < -0.3 is 14.0 Å². The molecule has 6 heteroatoms. The van der Waals surface area contributed by atoms with Gasteiger partial charge in [0.05, 0.1) is 13.7 Å². The van der Waals surface area contributed by atoms with Gasteiger partial charge in [-0.1, -0.05) is 23.4 Å². The standard InChI is InChI=1S/C19H21N3O3/c1-22(12-13-24-17-6-4-3-5-7-17)14-18-20-19(25-21-18)15-8-10-16(23-2)11-9-15/h3-11H,12-14H2,1-2H3. The van der Waals surface area contributed by atoms with Crippen LogP contribution in [0, 0.1) is 0 Å². The average Bonchev–Trinajstić information content (AvgIpc) is 3.11. The van der Waals surface area contributed by atoms with E-state index in [2.05, 4.69) is 15.0 Å². The molecule has 0 amide bonds. The number of hydrogen-bond donors (Lipinski definition) is 0. The lowest BCUT2D eigenvalue weighted by Gasteiger charge is -2.14. The van der Waals surface area contributed by atoms with Crippen LogP contribution in [0.15, 0.2) is 59.1 Å². The minimum Gasteiger partial charge on any atom is -0.497 e. The highest BCUT2D eigenvalue weighted by molar-refractivity contribution is 5.54. The third-order valence-electron chi connectivity index (χ3n) is 3.70. The molecule has 0 aliphatic heterocycles. The van der Waals surface area contributed by atoms with Crippen molar-refractivity contribution in [3.63, 3.8) is 0 Å². The van der Waals surface area contributed by atoms with E-state index in [9.17, 15) is 0 Å². The molecule has 6 nitrogen and oxygen atoms in total. The van der Waals surface area contributed by atoms with Crippen LogP contribution in [0.2, 0.25) is 0 Å². The van der Waals surface area contributed by atoms with E-state index in [1.54, 1.807) is 7.11 Å². The number of rotatable bonds is 8. The zero-order valence-corrected chi connectivity index (χ0v) is 14.4. The number of benzene rings is 2. The van der Waals surface area contributed by atoms with Crippen LogP contribution in [0.25, 0.3) is 11.5 Å². The van der Waals surface area contributed by atoms with Crippen molar-refractivity contribution >= 4 is 0 Å². The van der Waals surface area contributed by atoms with Crippen LogP contribution in [-0.2, 0) is 6.54 Å². The number of hydrogen-bond acceptors (Lipinski definition) is 6. The number of nitrogens with zero attached hydrogens (tertiary/aromatic N) is 3. The lowest BCUT2D eigenvalue weighted by molar-refractivity contribution is 0.228. The first kappa shape index (κ1) is 17.0. The quantitative estimate of drug-likeness (QED) is 0.628. The van der Waals surface area contributed by atoms with Crippen LogP contribution in [0.5, 0.6) is 11.5 Å². The maximum Gasteiger partial charge on any atom is 0.257 e. The van der Waals surface area contributed by atoms with Crippen LogP contribution in [0.1, 0.15) is 5.82 Å². The summed E-state index contributed by atoms with van der Waals surface area (Å²) in [4.78, 5) is 6.53. The molecule has 0 aliphatic rings. The second-order valence-electron chi connectivity index (χ2n) is 5.64. The van der Waals surface area contributed by atoms with Crippen LogP contribution < -0.4 is 9.47 Å². The summed E-state index contributed by atoms with van der Waals surface area (Å²) in [7, 11) is 3.63. The molecule has 25 heavy (non-hydrogen) atoms. The molecule has 130 valence electrons. The molecule has 0 spiro atoms. The fraction of sp³-hybridized carbons (Fsp3) is 0.263. The SMILES string of the molecule is COc1ccc(-c2nc(CN(C)CCOc3ccccc3)no2)cc1. The molecule has 1 heterocycles. The van der Waals surface area contributed by atoms with E-state index < -0.39 is 0 Å². The lowest BCUT2D eigenvalue weighted by Crippen LogP contribution is -2.24. The van der Waals surface area contributed by atoms with E-state index >= 15 is 0 Å². The second kappa shape index (κ2) is 8.30. The highest BCUT2D eigenvalue weighted by Gasteiger charge is 2.11. The monoisotopic (exact) mass is 339 g/mol. The van der Waals surface area contributed by atoms with Crippen molar-refractivity contribution in [1.82, 2.24) is 15.0 Å². The molecule has 3 rings (SSSR count). The molecule has 0 radical (unpaired) electrons. The molecule has 0 atom stereocenters. The fourth-order valence-electron chi connectivity index (χ4n) is 2.33. The summed E-state index contributed by atoms with van der Waals surface area (Å²) in [5, 5.41) is 4.04. The van der Waals surface area contributed by atoms with E-state index in [1.807, 2.05) is 61.6 Å². The average molecular weight is 339 g/mol. The van der Waals surface area contributed by atoms with Crippen LogP contribution in [0.3, 0.4) is 0 Å². The summed E-state index contributed by atoms with van der Waals surface area (Å²) < 4.78 is 16.2. The van der Waals surface area contributed by atoms with Crippen molar-refractivity contribution < 1.29 is 14.0 Å². The first-order valence-corrected chi connectivity index (χ1v) is 8.08. The molecule has 0 aliphatic carbocycles. The Morgan fingerprint density at radius 1 is 1.00 bits per heavy atom. The van der Waals surface area contributed by atoms with Crippen molar-refractivity contribution in [2.24, 2.45) is 0 Å². The Labute approximate surface area is 147 Å². The molecular formula is C19H21N3O3. The number of methoxy groups -OCH3 is 1. The maximum absolute atomic E-state index is 5.69. The van der Waals surface area contributed by atoms with Gasteiger partial charge in [-0.25, -0.2) is 0 Å². The Morgan fingerprint density at radius 3 is 2.48 bits per heavy atom. The first-order valence-electron chi connectivity index (χ1n) is 8.08. The topological polar surface area (TPSA) is 60.6 Å². The maximum atomic E-state index is 5.69. The Balaban J connectivity index is 1.50. The van der Waals surface area contributed by atoms with Gasteiger partial charge in [-0.2, -0.15) is 4.98 Å². The fourth-order valence-corrected chi connectivity index (χ4v) is 2.33. The van der Waals surface area contributed by atoms with Gasteiger partial charge in [0.2, 0.25) is 0 Å². The van der Waals surface area contributed by atoms with Crippen molar-refractivity contribution in [2.75, 3.05) is 27.3 Å². The summed E-state index contributed by atoms with van der Waals surface area (Å²) in [6.07, 6.45) is 0. The second-order valence-corrected chi connectivity index (χ2v) is 5.64. The zero-order chi connectivity index (χ0) is 17.5. The lowest BCUT2D eigenvalue weighted by atomic mass is 10.2. The molecule has 1 aromatic heterocycles. The summed E-state index contributed by atoms with van der Waals surface area (Å²) in [6, 6.07) is 17.3. The van der Waals surface area contributed by atoms with Crippen molar-refractivity contribution in [1.29, 1.82) is 0 Å². The molecule has 0 saturated carbocycles.